The fourth-order valence-corrected chi connectivity index (χ4v) is 2.77. The Morgan fingerprint density at radius 2 is 1.26 bits per heavy atom. The van der Waals surface area contributed by atoms with Crippen molar-refractivity contribution in [3.63, 3.8) is 0 Å². The van der Waals surface area contributed by atoms with Crippen molar-refractivity contribution in [2.24, 2.45) is 0 Å². The number of Topliss-reactive ketones (excluding diaryl/α,β-unsaturated/α-hetero) is 1. The van der Waals surface area contributed by atoms with Crippen LogP contribution in [0.3, 0.4) is 0 Å². The summed E-state index contributed by atoms with van der Waals surface area (Å²) >= 11 is 0. The topological polar surface area (TPSA) is 60.4 Å². The van der Waals surface area contributed by atoms with Gasteiger partial charge in [0, 0.05) is 5.56 Å². The van der Waals surface area contributed by atoms with E-state index < -0.39 is 52.8 Å². The molecule has 2 aromatic carbocycles. The highest BCUT2D eigenvalue weighted by atomic mass is 31.0. The van der Waals surface area contributed by atoms with Crippen molar-refractivity contribution in [3.05, 3.63) is 70.8 Å². The summed E-state index contributed by atoms with van der Waals surface area (Å²) in [6.45, 7) is 2.88. The van der Waals surface area contributed by atoms with E-state index in [1.54, 1.807) is 0 Å². The van der Waals surface area contributed by atoms with Crippen molar-refractivity contribution in [2.45, 2.75) is 38.2 Å². The molecule has 0 aliphatic heterocycles. The van der Waals surface area contributed by atoms with E-state index in [4.69, 9.17) is 9.30 Å². The van der Waals surface area contributed by atoms with Crippen LogP contribution in [0.5, 0.6) is 0 Å². The monoisotopic (exact) mass is 467 g/mol. The first-order valence-corrected chi connectivity index (χ1v) is 9.11. The molecule has 11 heteroatoms. The summed E-state index contributed by atoms with van der Waals surface area (Å²) in [5.74, 6) is -4.85. The third-order valence-electron chi connectivity index (χ3n) is 3.90. The molecule has 0 aliphatic rings. The summed E-state index contributed by atoms with van der Waals surface area (Å²) in [4.78, 5) is 25.5. The number of hydrogen-bond donors (Lipinski definition) is 0. The molecule has 4 nitrogen and oxygen atoms in total. The summed E-state index contributed by atoms with van der Waals surface area (Å²) in [6.07, 6.45) is -11.2. The van der Waals surface area contributed by atoms with Crippen molar-refractivity contribution >= 4 is 20.9 Å². The number of hydrogen-bond acceptors (Lipinski definition) is 4. The predicted octanol–water partition coefficient (Wildman–Crippen LogP) is 5.85. The first kappa shape index (κ1) is 26.3. The fourth-order valence-electron chi connectivity index (χ4n) is 2.77. The Balaban J connectivity index is 0.00000233. The molecule has 0 aliphatic carbocycles. The molecule has 0 aromatic heterocycles. The number of ketones is 1. The van der Waals surface area contributed by atoms with Gasteiger partial charge in [-0.15, -0.1) is 0 Å². The zero-order chi connectivity index (χ0) is 24.0. The number of ether oxygens (including phenoxy) is 1. The molecule has 0 saturated heterocycles. The zero-order valence-electron chi connectivity index (χ0n) is 16.3. The molecule has 31 heavy (non-hydrogen) atoms. The summed E-state index contributed by atoms with van der Waals surface area (Å²) in [5.41, 5.74) is -5.22. The van der Waals surface area contributed by atoms with Gasteiger partial charge in [0.25, 0.3) is 0 Å². The Bertz CT molecular complexity index is 878. The maximum Gasteiger partial charge on any atom is 0.417 e. The van der Waals surface area contributed by atoms with Gasteiger partial charge in [-0.2, -0.15) is 26.3 Å². The molecule has 0 saturated carbocycles. The Labute approximate surface area is 175 Å². The van der Waals surface area contributed by atoms with Crippen LogP contribution in [0.15, 0.2) is 48.5 Å². The van der Waals surface area contributed by atoms with Crippen LogP contribution in [-0.2, 0) is 26.4 Å². The molecule has 0 heterocycles. The van der Waals surface area contributed by atoms with Gasteiger partial charge in [-0.1, -0.05) is 41.0 Å². The first-order valence-electron chi connectivity index (χ1n) is 8.64. The second kappa shape index (κ2) is 10.5. The minimum atomic E-state index is -5.24. The van der Waals surface area contributed by atoms with Crippen LogP contribution in [0.25, 0.3) is 0 Å². The van der Waals surface area contributed by atoms with Crippen LogP contribution >= 0.6 is 9.12 Å². The van der Waals surface area contributed by atoms with Crippen LogP contribution < -0.4 is 0 Å². The van der Waals surface area contributed by atoms with Crippen LogP contribution in [0.1, 0.15) is 46.8 Å². The van der Waals surface area contributed by atoms with Crippen LogP contribution in [-0.4, -0.2) is 17.9 Å². The molecule has 0 fully saturated rings. The van der Waals surface area contributed by atoms with Crippen LogP contribution in [0.4, 0.5) is 26.3 Å². The summed E-state index contributed by atoms with van der Waals surface area (Å²) in [7, 11) is 1.17. The van der Waals surface area contributed by atoms with E-state index in [1.807, 2.05) is 0 Å². The molecule has 0 radical (unpaired) electrons. The quantitative estimate of drug-likeness (QED) is 0.182. The van der Waals surface area contributed by atoms with Gasteiger partial charge in [-0.05, 0) is 31.5 Å². The van der Waals surface area contributed by atoms with Crippen molar-refractivity contribution in [3.8, 4) is 0 Å². The minimum absolute atomic E-state index is 0.0757. The van der Waals surface area contributed by atoms with Gasteiger partial charge < -0.3 is 4.74 Å². The van der Waals surface area contributed by atoms with E-state index in [0.29, 0.717) is 18.2 Å². The molecule has 0 spiro atoms. The molecule has 168 valence electrons. The highest BCUT2D eigenvalue weighted by Gasteiger charge is 2.45. The van der Waals surface area contributed by atoms with Crippen molar-refractivity contribution < 1.29 is 45.2 Å². The largest absolute Gasteiger partial charge is 0.462 e. The standard InChI is InChI=1S/C20H16F6O3.H2OP/c1-11(2)29-18(28)15(12-7-4-3-5-8-12)17(27)16-13(19(21,22)23)9-6-10-14(16)20(24,25)26;1-2/h3-11,15H,1-2H3;2H2/q;+1. The fraction of sp³-hybridized carbons (Fsp3) is 0.300. The van der Waals surface area contributed by atoms with E-state index in [1.165, 1.54) is 53.3 Å². The van der Waals surface area contributed by atoms with Gasteiger partial charge in [0.15, 0.2) is 5.78 Å². The smallest absolute Gasteiger partial charge is 0.417 e. The highest BCUT2D eigenvalue weighted by Crippen LogP contribution is 2.41. The molecule has 2 unspecified atom stereocenters. The number of alkyl halides is 6. The zero-order valence-corrected chi connectivity index (χ0v) is 17.4. The van der Waals surface area contributed by atoms with Gasteiger partial charge >= 0.3 is 27.4 Å². The van der Waals surface area contributed by atoms with Gasteiger partial charge in [-0.3, -0.25) is 9.59 Å². The second-order valence-electron chi connectivity index (χ2n) is 6.42. The third-order valence-corrected chi connectivity index (χ3v) is 3.90. The van der Waals surface area contributed by atoms with Crippen molar-refractivity contribution in [1.82, 2.24) is 0 Å². The lowest BCUT2D eigenvalue weighted by atomic mass is 9.85. The van der Waals surface area contributed by atoms with Crippen molar-refractivity contribution in [2.75, 3.05) is 0 Å². The number of carbonyl (C=O) groups excluding carboxylic acids is 2. The Morgan fingerprint density at radius 1 is 0.806 bits per heavy atom. The maximum atomic E-state index is 13.4. The number of rotatable bonds is 5. The summed E-state index contributed by atoms with van der Waals surface area (Å²) in [6, 6.07) is 8.14. The summed E-state index contributed by atoms with van der Waals surface area (Å²) < 4.78 is 93.6. The second-order valence-corrected chi connectivity index (χ2v) is 6.42. The molecule has 0 N–H and O–H groups in total. The normalized spacial score (nSPS) is 12.5. The molecule has 2 atom stereocenters. The predicted molar refractivity (Wildman–Crippen MR) is 102 cm³/mol. The molecule has 2 rings (SSSR count). The van der Waals surface area contributed by atoms with E-state index in [-0.39, 0.29) is 5.56 Å². The van der Waals surface area contributed by atoms with E-state index in [0.717, 1.165) is 0 Å². The van der Waals surface area contributed by atoms with Gasteiger partial charge in [-0.25, -0.2) is 0 Å². The lowest BCUT2D eigenvalue weighted by Gasteiger charge is -2.22. The molecule has 0 bridgehead atoms. The highest BCUT2D eigenvalue weighted by molar-refractivity contribution is 7.00. The minimum Gasteiger partial charge on any atom is -0.462 e. The number of halogens is 6. The maximum absolute atomic E-state index is 13.4. The number of carbonyl (C=O) groups is 2. The lowest BCUT2D eigenvalue weighted by molar-refractivity contribution is -0.149. The average Bonchev–Trinajstić information content (AvgIpc) is 2.68. The average molecular weight is 467 g/mol. The lowest BCUT2D eigenvalue weighted by Crippen LogP contribution is -2.30. The SMILES string of the molecule is CC(C)OC(=O)C(C(=O)c1c(C(F)(F)F)cccc1C(F)(F)F)c1ccccc1.O=[PH2+]. The Hall–Kier alpha value is -2.74. The number of benzene rings is 2. The molecule has 2 aromatic rings. The van der Waals surface area contributed by atoms with Crippen LogP contribution in [0.2, 0.25) is 0 Å². The molecule has 0 amide bonds. The summed E-state index contributed by atoms with van der Waals surface area (Å²) in [5, 5.41) is 0. The van der Waals surface area contributed by atoms with Gasteiger partial charge in [0.1, 0.15) is 5.92 Å². The number of esters is 1. The Morgan fingerprint density at radius 3 is 1.65 bits per heavy atom. The third kappa shape index (κ3) is 6.62. The van der Waals surface area contributed by atoms with Crippen LogP contribution in [0, 0.1) is 0 Å². The van der Waals surface area contributed by atoms with E-state index in [9.17, 15) is 35.9 Å². The van der Waals surface area contributed by atoms with Crippen molar-refractivity contribution in [1.29, 1.82) is 0 Å². The molecular weight excluding hydrogens is 449 g/mol. The van der Waals surface area contributed by atoms with E-state index >= 15 is 0 Å². The van der Waals surface area contributed by atoms with Gasteiger partial charge in [0.2, 0.25) is 0 Å². The van der Waals surface area contributed by atoms with E-state index in [2.05, 4.69) is 0 Å². The molecular formula is C20H18F6O4P+. The Kier molecular flexibility index (Phi) is 8.93. The first-order chi connectivity index (χ1) is 14.3. The van der Waals surface area contributed by atoms with Gasteiger partial charge in [0.05, 0.1) is 17.2 Å².